The van der Waals surface area contributed by atoms with Gasteiger partial charge in [0, 0.05) is 19.3 Å². The molecule has 0 bridgehead atoms. The van der Waals surface area contributed by atoms with Gasteiger partial charge in [0.25, 0.3) is 5.56 Å². The number of aromatic hydroxyl groups is 1. The lowest BCUT2D eigenvalue weighted by atomic mass is 9.94. The Morgan fingerprint density at radius 2 is 1.89 bits per heavy atom. The van der Waals surface area contributed by atoms with Crippen LogP contribution >= 0.6 is 0 Å². The highest BCUT2D eigenvalue weighted by atomic mass is 16.5. The molecule has 2 aromatic rings. The van der Waals surface area contributed by atoms with Crippen LogP contribution in [0.1, 0.15) is 42.1 Å². The highest BCUT2D eigenvalue weighted by Gasteiger charge is 2.30. The molecule has 1 aromatic heterocycles. The maximum atomic E-state index is 13.4. The summed E-state index contributed by atoms with van der Waals surface area (Å²) < 4.78 is 12.3. The molecule has 0 unspecified atom stereocenters. The molecule has 0 amide bonds. The number of methoxy groups -OCH3 is 2. The van der Waals surface area contributed by atoms with Crippen molar-refractivity contribution >= 4 is 0 Å². The molecule has 0 radical (unpaired) electrons. The van der Waals surface area contributed by atoms with E-state index in [1.807, 2.05) is 31.2 Å². The number of rotatable bonds is 7. The van der Waals surface area contributed by atoms with Crippen molar-refractivity contribution in [3.63, 3.8) is 0 Å². The van der Waals surface area contributed by atoms with Crippen molar-refractivity contribution in [3.8, 4) is 11.5 Å². The zero-order chi connectivity index (χ0) is 20.1. The number of aryl methyl sites for hydroxylation is 1. The summed E-state index contributed by atoms with van der Waals surface area (Å²) in [6.07, 6.45) is 3.37. The van der Waals surface area contributed by atoms with Crippen molar-refractivity contribution in [2.75, 3.05) is 33.9 Å². The van der Waals surface area contributed by atoms with E-state index >= 15 is 0 Å². The fraction of sp³-hybridized carbons (Fsp3) is 0.500. The quantitative estimate of drug-likeness (QED) is 0.792. The third-order valence-electron chi connectivity index (χ3n) is 5.48. The Hall–Kier alpha value is -2.31. The van der Waals surface area contributed by atoms with Crippen LogP contribution in [0, 0.1) is 6.92 Å². The van der Waals surface area contributed by atoms with Gasteiger partial charge in [-0.1, -0.05) is 18.6 Å². The van der Waals surface area contributed by atoms with Crippen LogP contribution in [0.5, 0.6) is 11.5 Å². The summed E-state index contributed by atoms with van der Waals surface area (Å²) in [7, 11) is 3.25. The summed E-state index contributed by atoms with van der Waals surface area (Å²) in [4.78, 5) is 15.7. The van der Waals surface area contributed by atoms with E-state index < -0.39 is 0 Å². The lowest BCUT2D eigenvalue weighted by Crippen LogP contribution is -2.39. The second-order valence-corrected chi connectivity index (χ2v) is 7.31. The minimum Gasteiger partial charge on any atom is -0.507 e. The summed E-state index contributed by atoms with van der Waals surface area (Å²) >= 11 is 0. The molecule has 1 saturated heterocycles. The van der Waals surface area contributed by atoms with Crippen molar-refractivity contribution in [1.29, 1.82) is 0 Å². The molecule has 28 heavy (non-hydrogen) atoms. The van der Waals surface area contributed by atoms with Gasteiger partial charge in [0.15, 0.2) is 0 Å². The third-order valence-corrected chi connectivity index (χ3v) is 5.48. The second-order valence-electron chi connectivity index (χ2n) is 7.31. The number of ether oxygens (including phenoxy) is 2. The number of hydrogen-bond donors (Lipinski definition) is 1. The first-order valence-electron chi connectivity index (χ1n) is 9.87. The lowest BCUT2D eigenvalue weighted by molar-refractivity contribution is 0.178. The van der Waals surface area contributed by atoms with E-state index in [1.54, 1.807) is 24.9 Å². The number of nitrogens with zero attached hydrogens (tertiary/aromatic N) is 2. The molecule has 0 spiro atoms. The molecule has 6 heteroatoms. The Labute approximate surface area is 166 Å². The molecule has 0 saturated carbocycles. The molecular weight excluding hydrogens is 356 g/mol. The molecular formula is C22H30N2O4. The smallest absolute Gasteiger partial charge is 0.259 e. The van der Waals surface area contributed by atoms with E-state index in [4.69, 9.17) is 9.47 Å². The molecule has 1 atom stereocenters. The average molecular weight is 386 g/mol. The molecule has 1 fully saturated rings. The van der Waals surface area contributed by atoms with Gasteiger partial charge in [-0.15, -0.1) is 0 Å². The summed E-state index contributed by atoms with van der Waals surface area (Å²) in [5.41, 5.74) is 1.95. The van der Waals surface area contributed by atoms with E-state index in [0.29, 0.717) is 18.7 Å². The van der Waals surface area contributed by atoms with Gasteiger partial charge in [0.1, 0.15) is 11.5 Å². The van der Waals surface area contributed by atoms with Gasteiger partial charge >= 0.3 is 0 Å². The van der Waals surface area contributed by atoms with Crippen LogP contribution in [0.25, 0.3) is 0 Å². The van der Waals surface area contributed by atoms with Gasteiger partial charge in [0.2, 0.25) is 0 Å². The van der Waals surface area contributed by atoms with Crippen LogP contribution in [-0.2, 0) is 11.3 Å². The number of likely N-dealkylation sites (tertiary alicyclic amines) is 1. The van der Waals surface area contributed by atoms with Crippen LogP contribution in [0.3, 0.4) is 0 Å². The fourth-order valence-electron chi connectivity index (χ4n) is 4.03. The Kier molecular flexibility index (Phi) is 6.75. The normalized spacial score (nSPS) is 16.1. The zero-order valence-electron chi connectivity index (χ0n) is 17.0. The van der Waals surface area contributed by atoms with Gasteiger partial charge in [-0.25, -0.2) is 0 Å². The number of benzene rings is 1. The van der Waals surface area contributed by atoms with E-state index in [9.17, 15) is 9.90 Å². The van der Waals surface area contributed by atoms with Crippen LogP contribution in [0.2, 0.25) is 0 Å². The molecule has 1 aromatic carbocycles. The van der Waals surface area contributed by atoms with E-state index in [2.05, 4.69) is 4.90 Å². The molecule has 1 aliphatic heterocycles. The molecule has 0 aliphatic carbocycles. The predicted molar refractivity (Wildman–Crippen MR) is 109 cm³/mol. The number of piperidine rings is 1. The summed E-state index contributed by atoms with van der Waals surface area (Å²) in [5.74, 6) is 0.792. The first kappa shape index (κ1) is 20.4. The van der Waals surface area contributed by atoms with Gasteiger partial charge in [0.05, 0.1) is 25.3 Å². The van der Waals surface area contributed by atoms with Crippen LogP contribution in [0.15, 0.2) is 35.1 Å². The average Bonchev–Trinajstić information content (AvgIpc) is 2.71. The predicted octanol–water partition coefficient (Wildman–Crippen LogP) is 3.09. The first-order chi connectivity index (χ1) is 13.6. The van der Waals surface area contributed by atoms with Gasteiger partial charge in [-0.3, -0.25) is 9.69 Å². The van der Waals surface area contributed by atoms with Crippen molar-refractivity contribution in [2.24, 2.45) is 0 Å². The molecule has 6 nitrogen and oxygen atoms in total. The van der Waals surface area contributed by atoms with Gasteiger partial charge in [-0.2, -0.15) is 0 Å². The molecule has 3 rings (SSSR count). The van der Waals surface area contributed by atoms with Crippen molar-refractivity contribution in [1.82, 2.24) is 9.47 Å². The number of pyridine rings is 1. The third kappa shape index (κ3) is 4.23. The van der Waals surface area contributed by atoms with E-state index in [0.717, 1.165) is 42.9 Å². The maximum Gasteiger partial charge on any atom is 0.259 e. The highest BCUT2D eigenvalue weighted by molar-refractivity contribution is 5.43. The minimum absolute atomic E-state index is 0.0505. The molecule has 2 heterocycles. The van der Waals surface area contributed by atoms with Gasteiger partial charge < -0.3 is 19.1 Å². The number of aromatic nitrogens is 1. The Morgan fingerprint density at radius 3 is 2.57 bits per heavy atom. The lowest BCUT2D eigenvalue weighted by Gasteiger charge is -2.35. The van der Waals surface area contributed by atoms with Crippen LogP contribution in [0.4, 0.5) is 0 Å². The molecule has 1 aliphatic rings. The van der Waals surface area contributed by atoms with Crippen LogP contribution in [-0.4, -0.2) is 48.5 Å². The Morgan fingerprint density at radius 1 is 1.14 bits per heavy atom. The monoisotopic (exact) mass is 386 g/mol. The standard InChI is InChI=1S/C22H30N2O4/c1-16-14-19(25)20(22(26)24(16)12-13-27-2)21(23-10-5-4-6-11-23)17-8-7-9-18(15-17)28-3/h7-9,14-15,21,25H,4-6,10-13H2,1-3H3/t21-/m0/s1. The van der Waals surface area contributed by atoms with E-state index in [1.165, 1.54) is 6.42 Å². The van der Waals surface area contributed by atoms with Crippen LogP contribution < -0.4 is 10.3 Å². The van der Waals surface area contributed by atoms with Crippen molar-refractivity contribution in [3.05, 3.63) is 57.5 Å². The SMILES string of the molecule is COCCn1c(C)cc(O)c([C@H](c2cccc(OC)c2)N2CCCCC2)c1=O. The van der Waals surface area contributed by atoms with Gasteiger partial charge in [-0.05, 0) is 56.6 Å². The fourth-order valence-corrected chi connectivity index (χ4v) is 4.03. The minimum atomic E-state index is -0.308. The zero-order valence-corrected chi connectivity index (χ0v) is 17.0. The summed E-state index contributed by atoms with van der Waals surface area (Å²) in [6, 6.07) is 9.15. The summed E-state index contributed by atoms with van der Waals surface area (Å²) in [5, 5.41) is 10.8. The van der Waals surface area contributed by atoms with Crippen molar-refractivity contribution in [2.45, 2.75) is 38.8 Å². The van der Waals surface area contributed by atoms with E-state index in [-0.39, 0.29) is 17.4 Å². The topological polar surface area (TPSA) is 63.9 Å². The maximum absolute atomic E-state index is 13.4. The second kappa shape index (κ2) is 9.26. The highest BCUT2D eigenvalue weighted by Crippen LogP contribution is 2.35. The number of hydrogen-bond acceptors (Lipinski definition) is 5. The Balaban J connectivity index is 2.15. The largest absolute Gasteiger partial charge is 0.507 e. The molecule has 152 valence electrons. The van der Waals surface area contributed by atoms with Crippen molar-refractivity contribution < 1.29 is 14.6 Å². The summed E-state index contributed by atoms with van der Waals surface area (Å²) in [6.45, 7) is 4.53. The first-order valence-corrected chi connectivity index (χ1v) is 9.87. The molecule has 1 N–H and O–H groups in total. The Bertz CT molecular complexity index is 856.